The van der Waals surface area contributed by atoms with Gasteiger partial charge in [0.05, 0.1) is 6.54 Å². The van der Waals surface area contributed by atoms with Gasteiger partial charge in [0, 0.05) is 50.3 Å². The Labute approximate surface area is 146 Å². The molecule has 1 aliphatic rings. The second kappa shape index (κ2) is 7.78. The standard InChI is InChI=1S/C17H22N6O2/c18-17(25)21-10-15(24)22-8-1-2-14(12-22)16-20-7-9-23(16)11-13-3-5-19-6-4-13/h3-7,9,14H,1-2,8,10-12H2,(H3,18,21,25)/t14-/m1/s1. The number of urea groups is 1. The number of amides is 3. The van der Waals surface area contributed by atoms with E-state index in [1.807, 2.05) is 18.3 Å². The first-order chi connectivity index (χ1) is 12.1. The Morgan fingerprint density at radius 2 is 2.08 bits per heavy atom. The Balaban J connectivity index is 1.67. The lowest BCUT2D eigenvalue weighted by Crippen LogP contribution is -2.45. The monoisotopic (exact) mass is 342 g/mol. The molecule has 3 N–H and O–H groups in total. The van der Waals surface area contributed by atoms with Crippen LogP contribution in [0.15, 0.2) is 36.9 Å². The maximum absolute atomic E-state index is 12.2. The first kappa shape index (κ1) is 16.9. The SMILES string of the molecule is NC(=O)NCC(=O)N1CCC[C@@H](c2nccn2Cc2ccncc2)C1. The molecule has 0 aliphatic carbocycles. The summed E-state index contributed by atoms with van der Waals surface area (Å²) in [5.74, 6) is 1.05. The number of carbonyl (C=O) groups excluding carboxylic acids is 2. The predicted molar refractivity (Wildman–Crippen MR) is 91.7 cm³/mol. The van der Waals surface area contributed by atoms with E-state index in [2.05, 4.69) is 19.9 Å². The van der Waals surface area contributed by atoms with Gasteiger partial charge in [-0.2, -0.15) is 0 Å². The van der Waals surface area contributed by atoms with Crippen molar-refractivity contribution in [3.8, 4) is 0 Å². The molecule has 1 fully saturated rings. The molecule has 3 rings (SSSR count). The number of likely N-dealkylation sites (tertiary alicyclic amines) is 1. The first-order valence-electron chi connectivity index (χ1n) is 8.34. The van der Waals surface area contributed by atoms with Gasteiger partial charge in [0.25, 0.3) is 0 Å². The Morgan fingerprint density at radius 3 is 2.84 bits per heavy atom. The summed E-state index contributed by atoms with van der Waals surface area (Å²) in [6, 6.07) is 3.28. The molecule has 8 heteroatoms. The van der Waals surface area contributed by atoms with Gasteiger partial charge in [0.2, 0.25) is 5.91 Å². The molecular formula is C17H22N6O2. The number of piperidine rings is 1. The van der Waals surface area contributed by atoms with Gasteiger partial charge in [0.1, 0.15) is 5.82 Å². The van der Waals surface area contributed by atoms with Crippen molar-refractivity contribution in [3.05, 3.63) is 48.3 Å². The van der Waals surface area contributed by atoms with Crippen LogP contribution < -0.4 is 11.1 Å². The van der Waals surface area contributed by atoms with Gasteiger partial charge < -0.3 is 20.5 Å². The van der Waals surface area contributed by atoms with Crippen molar-refractivity contribution in [3.63, 3.8) is 0 Å². The molecule has 3 amide bonds. The molecule has 0 unspecified atom stereocenters. The number of carbonyl (C=O) groups is 2. The largest absolute Gasteiger partial charge is 0.352 e. The van der Waals surface area contributed by atoms with Crippen molar-refractivity contribution in [1.29, 1.82) is 0 Å². The highest BCUT2D eigenvalue weighted by Crippen LogP contribution is 2.26. The predicted octanol–water partition coefficient (Wildman–Crippen LogP) is 0.701. The number of hydrogen-bond acceptors (Lipinski definition) is 4. The molecule has 0 saturated carbocycles. The fraction of sp³-hybridized carbons (Fsp3) is 0.412. The average Bonchev–Trinajstić information content (AvgIpc) is 3.08. The molecule has 25 heavy (non-hydrogen) atoms. The molecule has 0 bridgehead atoms. The molecule has 0 aromatic carbocycles. The van der Waals surface area contributed by atoms with Gasteiger partial charge in [-0.1, -0.05) is 0 Å². The van der Waals surface area contributed by atoms with Crippen LogP contribution in [0, 0.1) is 0 Å². The van der Waals surface area contributed by atoms with Crippen molar-refractivity contribution in [1.82, 2.24) is 24.8 Å². The summed E-state index contributed by atoms with van der Waals surface area (Å²) < 4.78 is 2.12. The van der Waals surface area contributed by atoms with Crippen LogP contribution >= 0.6 is 0 Å². The molecule has 1 saturated heterocycles. The van der Waals surface area contributed by atoms with E-state index in [1.165, 1.54) is 0 Å². The van der Waals surface area contributed by atoms with Crippen LogP contribution in [-0.4, -0.2) is 51.0 Å². The summed E-state index contributed by atoms with van der Waals surface area (Å²) in [6.45, 7) is 1.96. The molecule has 132 valence electrons. The van der Waals surface area contributed by atoms with Gasteiger partial charge in [-0.25, -0.2) is 9.78 Å². The third-order valence-electron chi connectivity index (χ3n) is 4.40. The van der Waals surface area contributed by atoms with Crippen LogP contribution in [0.2, 0.25) is 0 Å². The molecule has 8 nitrogen and oxygen atoms in total. The zero-order valence-corrected chi connectivity index (χ0v) is 14.0. The van der Waals surface area contributed by atoms with E-state index in [1.54, 1.807) is 23.5 Å². The second-order valence-electron chi connectivity index (χ2n) is 6.17. The van der Waals surface area contributed by atoms with E-state index in [-0.39, 0.29) is 18.4 Å². The van der Waals surface area contributed by atoms with Crippen LogP contribution in [0.3, 0.4) is 0 Å². The maximum atomic E-state index is 12.2. The van der Waals surface area contributed by atoms with E-state index in [0.717, 1.165) is 30.8 Å². The first-order valence-corrected chi connectivity index (χ1v) is 8.34. The summed E-state index contributed by atoms with van der Waals surface area (Å²) in [7, 11) is 0. The maximum Gasteiger partial charge on any atom is 0.312 e. The van der Waals surface area contributed by atoms with E-state index in [4.69, 9.17) is 5.73 Å². The lowest BCUT2D eigenvalue weighted by Gasteiger charge is -2.32. The van der Waals surface area contributed by atoms with Crippen molar-refractivity contribution >= 4 is 11.9 Å². The Morgan fingerprint density at radius 1 is 1.28 bits per heavy atom. The highest BCUT2D eigenvalue weighted by atomic mass is 16.2. The third kappa shape index (κ3) is 4.34. The Bertz CT molecular complexity index is 730. The van der Waals surface area contributed by atoms with Crippen LogP contribution in [0.1, 0.15) is 30.1 Å². The fourth-order valence-corrected chi connectivity index (χ4v) is 3.19. The molecule has 1 aliphatic heterocycles. The number of nitrogens with two attached hydrogens (primary N) is 1. The highest BCUT2D eigenvalue weighted by molar-refractivity contribution is 5.83. The number of nitrogens with one attached hydrogen (secondary N) is 1. The van der Waals surface area contributed by atoms with E-state index < -0.39 is 6.03 Å². The number of aromatic nitrogens is 3. The Hall–Kier alpha value is -2.90. The van der Waals surface area contributed by atoms with Gasteiger partial charge in [0.15, 0.2) is 0 Å². The zero-order valence-electron chi connectivity index (χ0n) is 14.0. The van der Waals surface area contributed by atoms with E-state index in [9.17, 15) is 9.59 Å². The number of imidazole rings is 1. The molecule has 0 radical (unpaired) electrons. The summed E-state index contributed by atoms with van der Waals surface area (Å²) >= 11 is 0. The normalized spacial score (nSPS) is 17.3. The Kier molecular flexibility index (Phi) is 5.27. The topological polar surface area (TPSA) is 106 Å². The molecular weight excluding hydrogens is 320 g/mol. The number of nitrogens with zero attached hydrogens (tertiary/aromatic N) is 4. The third-order valence-corrected chi connectivity index (χ3v) is 4.40. The van der Waals surface area contributed by atoms with Gasteiger partial charge >= 0.3 is 6.03 Å². The quantitative estimate of drug-likeness (QED) is 0.834. The number of hydrogen-bond donors (Lipinski definition) is 2. The summed E-state index contributed by atoms with van der Waals surface area (Å²) in [5.41, 5.74) is 6.19. The van der Waals surface area contributed by atoms with E-state index in [0.29, 0.717) is 13.1 Å². The lowest BCUT2D eigenvalue weighted by atomic mass is 9.97. The van der Waals surface area contributed by atoms with Gasteiger partial charge in [-0.05, 0) is 30.5 Å². The molecule has 1 atom stereocenters. The summed E-state index contributed by atoms with van der Waals surface area (Å²) in [6.07, 6.45) is 9.21. The van der Waals surface area contributed by atoms with Crippen LogP contribution in [0.4, 0.5) is 4.79 Å². The van der Waals surface area contributed by atoms with E-state index >= 15 is 0 Å². The van der Waals surface area contributed by atoms with Gasteiger partial charge in [-0.3, -0.25) is 9.78 Å². The minimum absolute atomic E-state index is 0.0620. The zero-order chi connectivity index (χ0) is 17.6. The minimum Gasteiger partial charge on any atom is -0.352 e. The summed E-state index contributed by atoms with van der Waals surface area (Å²) in [4.78, 5) is 33.3. The number of pyridine rings is 1. The molecule has 3 heterocycles. The average molecular weight is 342 g/mol. The van der Waals surface area contributed by atoms with Crippen molar-refractivity contribution < 1.29 is 9.59 Å². The second-order valence-corrected chi connectivity index (χ2v) is 6.17. The number of primary amides is 1. The van der Waals surface area contributed by atoms with Crippen LogP contribution in [0.25, 0.3) is 0 Å². The van der Waals surface area contributed by atoms with Crippen molar-refractivity contribution in [2.75, 3.05) is 19.6 Å². The van der Waals surface area contributed by atoms with Crippen LogP contribution in [-0.2, 0) is 11.3 Å². The van der Waals surface area contributed by atoms with Crippen molar-refractivity contribution in [2.45, 2.75) is 25.3 Å². The highest BCUT2D eigenvalue weighted by Gasteiger charge is 2.27. The molecule has 0 spiro atoms. The van der Waals surface area contributed by atoms with Gasteiger partial charge in [-0.15, -0.1) is 0 Å². The smallest absolute Gasteiger partial charge is 0.312 e. The minimum atomic E-state index is -0.685. The molecule has 2 aromatic heterocycles. The summed E-state index contributed by atoms with van der Waals surface area (Å²) in [5, 5.41) is 2.36. The van der Waals surface area contributed by atoms with Crippen LogP contribution in [0.5, 0.6) is 0 Å². The fourth-order valence-electron chi connectivity index (χ4n) is 3.19. The number of rotatable bonds is 5. The lowest BCUT2D eigenvalue weighted by molar-refractivity contribution is -0.131. The molecule has 2 aromatic rings. The van der Waals surface area contributed by atoms with Crippen molar-refractivity contribution in [2.24, 2.45) is 5.73 Å².